The van der Waals surface area contributed by atoms with Gasteiger partial charge in [-0.05, 0) is 74.9 Å². The van der Waals surface area contributed by atoms with Crippen LogP contribution in [0.2, 0.25) is 0 Å². The molecule has 0 aromatic heterocycles. The second-order valence-electron chi connectivity index (χ2n) is 8.01. The Morgan fingerprint density at radius 3 is 1.42 bits per heavy atom. The summed E-state index contributed by atoms with van der Waals surface area (Å²) < 4.78 is 0. The van der Waals surface area contributed by atoms with Gasteiger partial charge in [-0.15, -0.1) is 0 Å². The van der Waals surface area contributed by atoms with Crippen molar-refractivity contribution in [1.82, 2.24) is 0 Å². The van der Waals surface area contributed by atoms with Gasteiger partial charge in [0.05, 0.1) is 12.1 Å². The summed E-state index contributed by atoms with van der Waals surface area (Å²) >= 11 is 0. The Bertz CT molecular complexity index is 847. The number of aryl methyl sites for hydroxylation is 4. The van der Waals surface area contributed by atoms with Crippen molar-refractivity contribution in [3.8, 4) is 11.5 Å². The molecule has 2 N–H and O–H groups in total. The van der Waals surface area contributed by atoms with Crippen LogP contribution in [0.4, 0.5) is 0 Å². The van der Waals surface area contributed by atoms with Crippen LogP contribution in [0.3, 0.4) is 0 Å². The van der Waals surface area contributed by atoms with E-state index >= 15 is 0 Å². The van der Waals surface area contributed by atoms with Crippen molar-refractivity contribution in [3.63, 3.8) is 0 Å². The monoisotopic (exact) mass is 498 g/mol. The summed E-state index contributed by atoms with van der Waals surface area (Å²) in [6.45, 7) is 7.86. The number of aliphatic imine (C=N–C) groups is 2. The number of hydrogen-bond acceptors (Lipinski definition) is 4. The molecule has 1 aliphatic carbocycles. The molecule has 2 aromatic rings. The Hall–Kier alpha value is -1.74. The van der Waals surface area contributed by atoms with Gasteiger partial charge in [0.25, 0.3) is 0 Å². The summed E-state index contributed by atoms with van der Waals surface area (Å²) in [4.78, 5) is 9.57. The van der Waals surface area contributed by atoms with E-state index < -0.39 is 0 Å². The van der Waals surface area contributed by atoms with E-state index in [9.17, 15) is 10.2 Å². The third kappa shape index (κ3) is 7.42. The maximum absolute atomic E-state index is 10.3. The molecule has 0 radical (unpaired) electrons. The number of phenolic OH excluding ortho intramolecular Hbond substituents is 2. The summed E-state index contributed by atoms with van der Waals surface area (Å²) in [6, 6.07) is 8.05. The number of nitrogens with zero attached hydrogens (tertiary/aromatic N) is 2. The van der Waals surface area contributed by atoms with E-state index in [1.165, 1.54) is 0 Å². The van der Waals surface area contributed by atoms with Crippen molar-refractivity contribution in [3.05, 3.63) is 72.5 Å². The quantitative estimate of drug-likeness (QED) is 0.395. The summed E-state index contributed by atoms with van der Waals surface area (Å²) in [7, 11) is 0. The predicted molar refractivity (Wildman–Crippen MR) is 129 cm³/mol. The molecule has 166 valence electrons. The Kier molecular flexibility index (Phi) is 12.2. The summed E-state index contributed by atoms with van der Waals surface area (Å²) in [6.07, 6.45) is 7.85. The van der Waals surface area contributed by atoms with Gasteiger partial charge in [-0.1, -0.05) is 25.0 Å². The molecular weight excluding hydrogens is 464 g/mol. The van der Waals surface area contributed by atoms with Gasteiger partial charge in [-0.25, -0.2) is 0 Å². The van der Waals surface area contributed by atoms with Crippen molar-refractivity contribution >= 4 is 12.4 Å². The molecule has 31 heavy (non-hydrogen) atoms. The van der Waals surface area contributed by atoms with Crippen LogP contribution >= 0.6 is 0 Å². The van der Waals surface area contributed by atoms with Crippen molar-refractivity contribution < 1.29 is 36.4 Å². The van der Waals surface area contributed by atoms with E-state index in [1.54, 1.807) is 12.4 Å². The zero-order chi connectivity index (χ0) is 20.3. The minimum atomic E-state index is 0. The van der Waals surface area contributed by atoms with E-state index in [4.69, 9.17) is 9.98 Å². The first kappa shape index (κ1) is 29.3. The van der Waals surface area contributed by atoms with E-state index in [2.05, 4.69) is 0 Å². The summed E-state index contributed by atoms with van der Waals surface area (Å²) in [5, 5.41) is 20.6. The molecule has 1 saturated carbocycles. The number of phenols is 2. The van der Waals surface area contributed by atoms with Gasteiger partial charge >= 0.3 is 26.2 Å². The fraction of sp³-hybridized carbons (Fsp3) is 0.385. The van der Waals surface area contributed by atoms with Crippen molar-refractivity contribution in [2.45, 2.75) is 65.5 Å². The smallest absolute Gasteiger partial charge is 0.507 e. The number of benzene rings is 2. The van der Waals surface area contributed by atoms with Gasteiger partial charge in [-0.3, -0.25) is 9.98 Å². The van der Waals surface area contributed by atoms with Gasteiger partial charge in [0.15, 0.2) is 0 Å². The van der Waals surface area contributed by atoms with Gasteiger partial charge in [0, 0.05) is 23.6 Å². The Morgan fingerprint density at radius 1 is 0.710 bits per heavy atom. The average molecular weight is 500 g/mol. The van der Waals surface area contributed by atoms with Crippen LogP contribution in [0.5, 0.6) is 11.5 Å². The van der Waals surface area contributed by atoms with Crippen molar-refractivity contribution in [2.75, 3.05) is 0 Å². The van der Waals surface area contributed by atoms with Gasteiger partial charge in [0.2, 0.25) is 0 Å². The van der Waals surface area contributed by atoms with Crippen LogP contribution in [-0.4, -0.2) is 34.7 Å². The number of aromatic hydroxyl groups is 2. The second-order valence-corrected chi connectivity index (χ2v) is 8.01. The fourth-order valence-electron chi connectivity index (χ4n) is 3.97. The second kappa shape index (κ2) is 13.0. The number of hydrogen-bond donors (Lipinski definition) is 2. The molecule has 2 atom stereocenters. The molecule has 0 unspecified atom stereocenters. The zero-order valence-electron chi connectivity index (χ0n) is 19.7. The van der Waals surface area contributed by atoms with Crippen molar-refractivity contribution in [2.24, 2.45) is 9.98 Å². The molecule has 3 rings (SSSR count). The van der Waals surface area contributed by atoms with Crippen LogP contribution in [0.1, 0.15) is 59.1 Å². The molecular formula is C26H36N2O2Zr. The molecule has 4 nitrogen and oxygen atoms in total. The van der Waals surface area contributed by atoms with E-state index in [1.807, 2.05) is 52.0 Å². The minimum absolute atomic E-state index is 0. The first-order chi connectivity index (χ1) is 13.3. The number of rotatable bonds is 4. The third-order valence-electron chi connectivity index (χ3n) is 5.45. The molecule has 1 fully saturated rings. The molecule has 5 heteroatoms. The summed E-state index contributed by atoms with van der Waals surface area (Å²) in [5.74, 6) is 0.593. The standard InChI is InChI=1S/C24H30N2O2.2CH3.Zr/c1-15-9-17(3)23(27)19(11-15)13-25-21-7-5-6-8-22(21)26-14-20-12-16(2)10-18(4)24(20)28;;;/h9-14,21-22,27-28H,5-8H2,1-4H3;2*1H3;/q;2*-1;+2/t21-,22-;;;/m1.../s1. The predicted octanol–water partition coefficient (Wildman–Crippen LogP) is 6.08. The maximum Gasteiger partial charge on any atom is 2.00 e. The summed E-state index contributed by atoms with van der Waals surface area (Å²) in [5.41, 5.74) is 5.48. The fourth-order valence-corrected chi connectivity index (χ4v) is 3.97. The normalized spacial score (nSPS) is 18.3. The molecule has 0 aliphatic heterocycles. The molecule has 0 saturated heterocycles. The molecule has 0 amide bonds. The maximum atomic E-state index is 10.3. The van der Waals surface area contributed by atoms with Crippen LogP contribution in [0.15, 0.2) is 34.3 Å². The SMILES string of the molecule is Cc1cc(C)c(O)c(C=N[C@@H]2CCCC[C@H]2N=Cc2cc(C)cc(C)c2O)c1.[CH3-].[CH3-].[Zr+2]. The average Bonchev–Trinajstić information content (AvgIpc) is 2.65. The molecule has 1 aliphatic rings. The van der Waals surface area contributed by atoms with E-state index in [0.717, 1.165) is 59.1 Å². The molecule has 0 spiro atoms. The first-order valence-electron chi connectivity index (χ1n) is 10.0. The van der Waals surface area contributed by atoms with E-state index in [0.29, 0.717) is 11.5 Å². The molecule has 0 heterocycles. The molecule has 2 aromatic carbocycles. The minimum Gasteiger partial charge on any atom is -0.507 e. The third-order valence-corrected chi connectivity index (χ3v) is 5.45. The first-order valence-corrected chi connectivity index (χ1v) is 10.0. The van der Waals surface area contributed by atoms with Crippen molar-refractivity contribution in [1.29, 1.82) is 0 Å². The Balaban J connectivity index is 0.00000300. The topological polar surface area (TPSA) is 65.2 Å². The van der Waals surface area contributed by atoms with Gasteiger partial charge in [0.1, 0.15) is 11.5 Å². The Labute approximate surface area is 207 Å². The van der Waals surface area contributed by atoms with Crippen LogP contribution in [0, 0.1) is 42.5 Å². The zero-order valence-corrected chi connectivity index (χ0v) is 22.2. The van der Waals surface area contributed by atoms with Crippen LogP contribution in [-0.2, 0) is 26.2 Å². The van der Waals surface area contributed by atoms with Gasteiger partial charge < -0.3 is 25.1 Å². The van der Waals surface area contributed by atoms with Crippen LogP contribution < -0.4 is 0 Å². The molecule has 0 bridgehead atoms. The van der Waals surface area contributed by atoms with E-state index in [-0.39, 0.29) is 53.1 Å². The van der Waals surface area contributed by atoms with Crippen LogP contribution in [0.25, 0.3) is 0 Å². The van der Waals surface area contributed by atoms with Gasteiger partial charge in [-0.2, -0.15) is 0 Å². The Morgan fingerprint density at radius 2 is 1.06 bits per heavy atom. The largest absolute Gasteiger partial charge is 2.00 e.